The van der Waals surface area contributed by atoms with Gasteiger partial charge in [-0.25, -0.2) is 0 Å². The van der Waals surface area contributed by atoms with Gasteiger partial charge in [-0.3, -0.25) is 4.98 Å². The predicted molar refractivity (Wildman–Crippen MR) is 35.5 cm³/mol. The molecule has 2 N–H and O–H groups in total. The maximum atomic E-state index is 5.37. The van der Waals surface area contributed by atoms with Gasteiger partial charge in [-0.2, -0.15) is 0 Å². The molecule has 0 bridgehead atoms. The highest BCUT2D eigenvalue weighted by molar-refractivity contribution is 5.17. The van der Waals surface area contributed by atoms with Crippen molar-refractivity contribution in [2.45, 2.75) is 6.54 Å². The lowest BCUT2D eigenvalue weighted by Crippen LogP contribution is -1.96. The van der Waals surface area contributed by atoms with Gasteiger partial charge in [0.05, 0.1) is 0 Å². The molecule has 1 rings (SSSR count). The van der Waals surface area contributed by atoms with E-state index >= 15 is 0 Å². The van der Waals surface area contributed by atoms with Crippen molar-refractivity contribution in [3.63, 3.8) is 0 Å². The van der Waals surface area contributed by atoms with Gasteiger partial charge in [0.1, 0.15) is 0 Å². The summed E-state index contributed by atoms with van der Waals surface area (Å²) in [5.41, 5.74) is 6.88. The van der Waals surface area contributed by atoms with Gasteiger partial charge in [0.25, 0.3) is 0 Å². The second-order valence-corrected chi connectivity index (χ2v) is 1.79. The number of nitrogens with two attached hydrogens (primary N) is 1. The van der Waals surface area contributed by atoms with E-state index in [0.29, 0.717) is 12.2 Å². The Bertz CT molecular complexity index is 196. The van der Waals surface area contributed by atoms with Crippen LogP contribution in [0, 0.1) is 6.92 Å². The molecule has 1 aromatic heterocycles. The molecule has 0 atom stereocenters. The summed E-state index contributed by atoms with van der Waals surface area (Å²) in [5.74, 6) is 0. The van der Waals surface area contributed by atoms with Crippen molar-refractivity contribution in [1.82, 2.24) is 4.98 Å². The van der Waals surface area contributed by atoms with Crippen LogP contribution in [0.5, 0.6) is 0 Å². The van der Waals surface area contributed by atoms with Gasteiger partial charge in [-0.05, 0) is 17.7 Å². The van der Waals surface area contributed by atoms with E-state index in [1.807, 2.05) is 6.07 Å². The van der Waals surface area contributed by atoms with E-state index in [1.54, 1.807) is 12.3 Å². The van der Waals surface area contributed by atoms with Gasteiger partial charge in [0.15, 0.2) is 0 Å². The lowest BCUT2D eigenvalue weighted by molar-refractivity contribution is 1.05. The lowest BCUT2D eigenvalue weighted by Gasteiger charge is -1.94. The third kappa shape index (κ3) is 1.50. The Labute approximate surface area is 54.7 Å². The van der Waals surface area contributed by atoms with Gasteiger partial charge in [-0.1, -0.05) is 0 Å². The van der Waals surface area contributed by atoms with Crippen LogP contribution in [0.2, 0.25) is 0 Å². The molecule has 0 saturated heterocycles. The number of pyridine rings is 1. The first-order valence-corrected chi connectivity index (χ1v) is 2.73. The van der Waals surface area contributed by atoms with Crippen molar-refractivity contribution in [2.24, 2.45) is 5.73 Å². The number of hydrogen-bond acceptors (Lipinski definition) is 2. The van der Waals surface area contributed by atoms with Crippen LogP contribution >= 0.6 is 0 Å². The van der Waals surface area contributed by atoms with Crippen LogP contribution in [-0.4, -0.2) is 4.98 Å². The van der Waals surface area contributed by atoms with Gasteiger partial charge in [0, 0.05) is 25.4 Å². The molecule has 1 heterocycles. The van der Waals surface area contributed by atoms with Crippen molar-refractivity contribution < 1.29 is 0 Å². The fraction of sp³-hybridized carbons (Fsp3) is 0.143. The molecular weight excluding hydrogens is 112 g/mol. The number of nitrogens with zero attached hydrogens (tertiary/aromatic N) is 1. The second kappa shape index (κ2) is 2.60. The standard InChI is InChI=1S/C7H8N2/c1-6-4-7(5-8)2-3-9-6/h1-4H,5,8H2. The van der Waals surface area contributed by atoms with E-state index in [2.05, 4.69) is 4.98 Å². The van der Waals surface area contributed by atoms with Crippen molar-refractivity contribution >= 4 is 0 Å². The molecule has 0 saturated carbocycles. The number of rotatable bonds is 1. The van der Waals surface area contributed by atoms with Gasteiger partial charge in [-0.15, -0.1) is 0 Å². The fourth-order valence-electron chi connectivity index (χ4n) is 0.621. The smallest absolute Gasteiger partial charge is 0.0451 e. The number of hydrogen-bond donors (Lipinski definition) is 1. The van der Waals surface area contributed by atoms with E-state index < -0.39 is 0 Å². The van der Waals surface area contributed by atoms with Crippen LogP contribution < -0.4 is 5.73 Å². The van der Waals surface area contributed by atoms with Crippen LogP contribution in [0.15, 0.2) is 18.3 Å². The largest absolute Gasteiger partial charge is 0.326 e. The van der Waals surface area contributed by atoms with Gasteiger partial charge >= 0.3 is 0 Å². The number of aromatic nitrogens is 1. The summed E-state index contributed by atoms with van der Waals surface area (Å²) >= 11 is 0. The topological polar surface area (TPSA) is 38.9 Å². The molecule has 0 fully saturated rings. The zero-order valence-electron chi connectivity index (χ0n) is 5.04. The van der Waals surface area contributed by atoms with Crippen molar-refractivity contribution in [3.05, 3.63) is 36.5 Å². The minimum Gasteiger partial charge on any atom is -0.326 e. The second-order valence-electron chi connectivity index (χ2n) is 1.79. The Balaban J connectivity index is 2.94. The first-order valence-electron chi connectivity index (χ1n) is 2.73. The highest BCUT2D eigenvalue weighted by atomic mass is 14.7. The zero-order valence-corrected chi connectivity index (χ0v) is 5.04. The van der Waals surface area contributed by atoms with Crippen LogP contribution in [0.1, 0.15) is 11.3 Å². The first-order chi connectivity index (χ1) is 4.33. The van der Waals surface area contributed by atoms with E-state index in [4.69, 9.17) is 12.7 Å². The Morgan fingerprint density at radius 3 is 2.89 bits per heavy atom. The quantitative estimate of drug-likeness (QED) is 0.589. The Morgan fingerprint density at radius 2 is 2.44 bits per heavy atom. The Hall–Kier alpha value is -0.890. The van der Waals surface area contributed by atoms with Crippen LogP contribution in [-0.2, 0) is 6.54 Å². The van der Waals surface area contributed by atoms with Gasteiger partial charge < -0.3 is 5.73 Å². The molecule has 0 aliphatic heterocycles. The highest BCUT2D eigenvalue weighted by Crippen LogP contribution is 1.97. The van der Waals surface area contributed by atoms with Crippen LogP contribution in [0.3, 0.4) is 0 Å². The zero-order chi connectivity index (χ0) is 6.69. The molecule has 0 aliphatic rings. The molecule has 0 amide bonds. The predicted octanol–water partition coefficient (Wildman–Crippen LogP) is 0.599. The Kier molecular flexibility index (Phi) is 1.80. The lowest BCUT2D eigenvalue weighted by atomic mass is 10.2. The van der Waals surface area contributed by atoms with Crippen LogP contribution in [0.25, 0.3) is 0 Å². The van der Waals surface area contributed by atoms with E-state index in [-0.39, 0.29) is 0 Å². The first kappa shape index (κ1) is 6.23. The normalized spacial score (nSPS) is 9.56. The average Bonchev–Trinajstić information content (AvgIpc) is 1.88. The molecular formula is C7H8N2. The molecule has 0 spiro atoms. The molecule has 2 radical (unpaired) electrons. The summed E-state index contributed by atoms with van der Waals surface area (Å²) in [5, 5.41) is 0. The van der Waals surface area contributed by atoms with E-state index in [9.17, 15) is 0 Å². The minimum atomic E-state index is 0.521. The van der Waals surface area contributed by atoms with E-state index in [0.717, 1.165) is 5.56 Å². The van der Waals surface area contributed by atoms with Crippen LogP contribution in [0.4, 0.5) is 0 Å². The summed E-state index contributed by atoms with van der Waals surface area (Å²) in [6.07, 6.45) is 1.65. The monoisotopic (exact) mass is 120 g/mol. The highest BCUT2D eigenvalue weighted by Gasteiger charge is 1.87. The molecule has 1 aromatic rings. The molecule has 0 unspecified atom stereocenters. The fourth-order valence-corrected chi connectivity index (χ4v) is 0.621. The molecule has 0 aromatic carbocycles. The maximum absolute atomic E-state index is 5.37. The minimum absolute atomic E-state index is 0.521. The summed E-state index contributed by atoms with van der Waals surface area (Å²) in [6.45, 7) is 5.89. The summed E-state index contributed by atoms with van der Waals surface area (Å²) in [7, 11) is 0. The maximum Gasteiger partial charge on any atom is 0.0451 e. The summed E-state index contributed by atoms with van der Waals surface area (Å²) in [4.78, 5) is 3.81. The third-order valence-corrected chi connectivity index (χ3v) is 1.08. The third-order valence-electron chi connectivity index (χ3n) is 1.08. The summed E-state index contributed by atoms with van der Waals surface area (Å²) in [6, 6.07) is 3.61. The molecule has 0 aliphatic carbocycles. The molecule has 9 heavy (non-hydrogen) atoms. The van der Waals surface area contributed by atoms with Crippen molar-refractivity contribution in [3.8, 4) is 0 Å². The van der Waals surface area contributed by atoms with E-state index in [1.165, 1.54) is 0 Å². The Morgan fingerprint density at radius 1 is 1.67 bits per heavy atom. The van der Waals surface area contributed by atoms with Crippen molar-refractivity contribution in [1.29, 1.82) is 0 Å². The molecule has 46 valence electrons. The molecule has 2 heteroatoms. The van der Waals surface area contributed by atoms with Gasteiger partial charge in [0.2, 0.25) is 0 Å². The average molecular weight is 120 g/mol. The summed E-state index contributed by atoms with van der Waals surface area (Å²) < 4.78 is 0. The molecule has 2 nitrogen and oxygen atoms in total. The van der Waals surface area contributed by atoms with Crippen molar-refractivity contribution in [2.75, 3.05) is 0 Å². The SMILES string of the molecule is [CH]c1cc(CN)ccn1.